The summed E-state index contributed by atoms with van der Waals surface area (Å²) in [6, 6.07) is 8.16. The summed E-state index contributed by atoms with van der Waals surface area (Å²) in [5, 5.41) is 11.9. The van der Waals surface area contributed by atoms with Crippen molar-refractivity contribution in [1.82, 2.24) is 20.4 Å². The van der Waals surface area contributed by atoms with Gasteiger partial charge in [-0.3, -0.25) is 9.48 Å². The van der Waals surface area contributed by atoms with Gasteiger partial charge in [0.05, 0.1) is 17.8 Å². The molecule has 1 saturated heterocycles. The highest BCUT2D eigenvalue weighted by Gasteiger charge is 2.26. The second-order valence-electron chi connectivity index (χ2n) is 6.76. The minimum Gasteiger partial charge on any atom is -0.348 e. The SMILES string of the molecule is Cc1nn(Cc2ccccc2Cl)c(C)c1C(=O)NC1CCCNC1C.Cl. The summed E-state index contributed by atoms with van der Waals surface area (Å²) in [7, 11) is 0. The van der Waals surface area contributed by atoms with Crippen LogP contribution in [0.1, 0.15) is 47.1 Å². The Bertz CT molecular complexity index is 775. The first-order chi connectivity index (χ1) is 12.0. The van der Waals surface area contributed by atoms with Gasteiger partial charge in [-0.05, 0) is 51.8 Å². The first-order valence-electron chi connectivity index (χ1n) is 8.79. The Hall–Kier alpha value is -1.56. The highest BCUT2D eigenvalue weighted by atomic mass is 35.5. The van der Waals surface area contributed by atoms with Crippen LogP contribution in [0.4, 0.5) is 0 Å². The van der Waals surface area contributed by atoms with Crippen LogP contribution in [0.5, 0.6) is 0 Å². The monoisotopic (exact) mass is 396 g/mol. The molecule has 7 heteroatoms. The predicted molar refractivity (Wildman–Crippen MR) is 107 cm³/mol. The molecule has 1 aromatic heterocycles. The molecule has 3 rings (SSSR count). The van der Waals surface area contributed by atoms with E-state index in [0.717, 1.165) is 36.3 Å². The summed E-state index contributed by atoms with van der Waals surface area (Å²) in [5.74, 6) is -0.0408. The number of carbonyl (C=O) groups excluding carboxylic acids is 1. The summed E-state index contributed by atoms with van der Waals surface area (Å²) in [4.78, 5) is 12.8. The number of aryl methyl sites for hydroxylation is 1. The van der Waals surface area contributed by atoms with E-state index >= 15 is 0 Å². The fourth-order valence-corrected chi connectivity index (χ4v) is 3.64. The first-order valence-corrected chi connectivity index (χ1v) is 9.17. The van der Waals surface area contributed by atoms with Crippen molar-refractivity contribution in [2.75, 3.05) is 6.54 Å². The van der Waals surface area contributed by atoms with Crippen molar-refractivity contribution in [2.24, 2.45) is 0 Å². The maximum absolute atomic E-state index is 12.8. The molecule has 1 fully saturated rings. The van der Waals surface area contributed by atoms with E-state index in [4.69, 9.17) is 11.6 Å². The van der Waals surface area contributed by atoms with E-state index in [9.17, 15) is 4.79 Å². The highest BCUT2D eigenvalue weighted by Crippen LogP contribution is 2.20. The molecule has 2 heterocycles. The summed E-state index contributed by atoms with van der Waals surface area (Å²) < 4.78 is 1.86. The van der Waals surface area contributed by atoms with Crippen LogP contribution < -0.4 is 10.6 Å². The molecule has 2 aromatic rings. The van der Waals surface area contributed by atoms with Gasteiger partial charge in [0.15, 0.2) is 0 Å². The summed E-state index contributed by atoms with van der Waals surface area (Å²) >= 11 is 6.25. The molecule has 5 nitrogen and oxygen atoms in total. The maximum Gasteiger partial charge on any atom is 0.255 e. The second kappa shape index (κ2) is 8.89. The number of hydrogen-bond acceptors (Lipinski definition) is 3. The van der Waals surface area contributed by atoms with Gasteiger partial charge in [0.1, 0.15) is 0 Å². The van der Waals surface area contributed by atoms with E-state index in [-0.39, 0.29) is 30.4 Å². The summed E-state index contributed by atoms with van der Waals surface area (Å²) in [5.41, 5.74) is 3.28. The number of nitrogens with zero attached hydrogens (tertiary/aromatic N) is 2. The van der Waals surface area contributed by atoms with Crippen LogP contribution in [0.25, 0.3) is 0 Å². The highest BCUT2D eigenvalue weighted by molar-refractivity contribution is 6.31. The molecule has 2 N–H and O–H groups in total. The number of amides is 1. The molecule has 0 spiro atoms. The number of piperidine rings is 1. The molecule has 0 saturated carbocycles. The molecule has 2 atom stereocenters. The molecule has 1 aliphatic heterocycles. The van der Waals surface area contributed by atoms with Gasteiger partial charge in [0.2, 0.25) is 0 Å². The van der Waals surface area contributed by atoms with E-state index in [2.05, 4.69) is 22.7 Å². The van der Waals surface area contributed by atoms with Crippen LogP contribution in [0.2, 0.25) is 5.02 Å². The topological polar surface area (TPSA) is 59.0 Å². The lowest BCUT2D eigenvalue weighted by molar-refractivity contribution is 0.0918. The molecule has 0 bridgehead atoms. The third-order valence-electron chi connectivity index (χ3n) is 4.96. The van der Waals surface area contributed by atoms with Gasteiger partial charge in [-0.2, -0.15) is 5.10 Å². The lowest BCUT2D eigenvalue weighted by atomic mass is 9.99. The lowest BCUT2D eigenvalue weighted by Crippen LogP contribution is -2.52. The molecule has 0 radical (unpaired) electrons. The normalized spacial score (nSPS) is 19.7. The Kier molecular flexibility index (Phi) is 7.09. The van der Waals surface area contributed by atoms with Crippen molar-refractivity contribution in [3.8, 4) is 0 Å². The molecule has 1 aromatic carbocycles. The van der Waals surface area contributed by atoms with Gasteiger partial charge in [-0.1, -0.05) is 29.8 Å². The maximum atomic E-state index is 12.8. The minimum atomic E-state index is -0.0408. The smallest absolute Gasteiger partial charge is 0.255 e. The molecule has 2 unspecified atom stereocenters. The van der Waals surface area contributed by atoms with E-state index in [1.54, 1.807) is 0 Å². The van der Waals surface area contributed by atoms with Crippen LogP contribution >= 0.6 is 24.0 Å². The van der Waals surface area contributed by atoms with Gasteiger partial charge in [-0.15, -0.1) is 12.4 Å². The van der Waals surface area contributed by atoms with Gasteiger partial charge in [-0.25, -0.2) is 0 Å². The molecule has 142 valence electrons. The van der Waals surface area contributed by atoms with Crippen molar-refractivity contribution >= 4 is 29.9 Å². The minimum absolute atomic E-state index is 0. The average molecular weight is 397 g/mol. The number of hydrogen-bond donors (Lipinski definition) is 2. The second-order valence-corrected chi connectivity index (χ2v) is 7.17. The number of halogens is 2. The summed E-state index contributed by atoms with van der Waals surface area (Å²) in [6.07, 6.45) is 2.09. The van der Waals surface area contributed by atoms with E-state index in [0.29, 0.717) is 17.1 Å². The number of aromatic nitrogens is 2. The third-order valence-corrected chi connectivity index (χ3v) is 5.33. The summed E-state index contributed by atoms with van der Waals surface area (Å²) in [6.45, 7) is 7.51. The van der Waals surface area contributed by atoms with E-state index < -0.39 is 0 Å². The molecular weight excluding hydrogens is 371 g/mol. The molecule has 26 heavy (non-hydrogen) atoms. The fourth-order valence-electron chi connectivity index (χ4n) is 3.45. The standard InChI is InChI=1S/C19H25ClN4O.ClH/c1-12-17(9-6-10-21-12)22-19(25)18-13(2)23-24(14(18)3)11-15-7-4-5-8-16(15)20;/h4-5,7-8,12,17,21H,6,9-11H2,1-3H3,(H,22,25);1H. The van der Waals surface area contributed by atoms with Crippen LogP contribution in [-0.4, -0.2) is 34.3 Å². The zero-order chi connectivity index (χ0) is 18.0. The van der Waals surface area contributed by atoms with Crippen molar-refractivity contribution in [2.45, 2.75) is 52.2 Å². The van der Waals surface area contributed by atoms with E-state index in [1.165, 1.54) is 0 Å². The van der Waals surface area contributed by atoms with Crippen molar-refractivity contribution in [3.05, 3.63) is 51.8 Å². The Balaban J connectivity index is 0.00000243. The van der Waals surface area contributed by atoms with Crippen LogP contribution in [0.3, 0.4) is 0 Å². The van der Waals surface area contributed by atoms with Gasteiger partial charge in [0, 0.05) is 22.8 Å². The van der Waals surface area contributed by atoms with Gasteiger partial charge < -0.3 is 10.6 Å². The zero-order valence-electron chi connectivity index (χ0n) is 15.4. The van der Waals surface area contributed by atoms with Crippen LogP contribution in [-0.2, 0) is 6.54 Å². The van der Waals surface area contributed by atoms with Gasteiger partial charge >= 0.3 is 0 Å². The fraction of sp³-hybridized carbons (Fsp3) is 0.474. The van der Waals surface area contributed by atoms with Gasteiger partial charge in [0.25, 0.3) is 5.91 Å². The number of nitrogens with one attached hydrogen (secondary N) is 2. The third kappa shape index (κ3) is 4.40. The molecule has 1 aliphatic rings. The molecular formula is C19H26Cl2N4O. The first kappa shape index (κ1) is 20.7. The Morgan fingerprint density at radius 2 is 2.12 bits per heavy atom. The quantitative estimate of drug-likeness (QED) is 0.831. The predicted octanol–water partition coefficient (Wildman–Crippen LogP) is 3.49. The Morgan fingerprint density at radius 1 is 1.38 bits per heavy atom. The lowest BCUT2D eigenvalue weighted by Gasteiger charge is -2.30. The Labute approximate surface area is 165 Å². The largest absolute Gasteiger partial charge is 0.348 e. The van der Waals surface area contributed by atoms with E-state index in [1.807, 2.05) is 42.8 Å². The van der Waals surface area contributed by atoms with Crippen molar-refractivity contribution in [1.29, 1.82) is 0 Å². The number of benzene rings is 1. The molecule has 1 amide bonds. The van der Waals surface area contributed by atoms with Crippen molar-refractivity contribution < 1.29 is 4.79 Å². The van der Waals surface area contributed by atoms with Crippen LogP contribution in [0.15, 0.2) is 24.3 Å². The molecule has 0 aliphatic carbocycles. The van der Waals surface area contributed by atoms with Crippen LogP contribution in [0, 0.1) is 13.8 Å². The number of carbonyl (C=O) groups is 1. The zero-order valence-corrected chi connectivity index (χ0v) is 17.0. The Morgan fingerprint density at radius 3 is 2.81 bits per heavy atom. The van der Waals surface area contributed by atoms with Crippen molar-refractivity contribution in [3.63, 3.8) is 0 Å². The number of rotatable bonds is 4. The average Bonchev–Trinajstić information content (AvgIpc) is 2.86.